The second-order valence-electron chi connectivity index (χ2n) is 7.45. The standard InChI is InChI=1S/C18H35N5OS.HI/c1-9-19-17(20-10-11-25(24)18(5,6)7)21-13(2)12-16-14(3)22-23(8)15(16)4;/h13H,9-12H2,1-8H3,(H2,19,20,21);1H. The first-order valence-corrected chi connectivity index (χ1v) is 10.3. The maximum atomic E-state index is 12.1. The van der Waals surface area contributed by atoms with Gasteiger partial charge in [-0.15, -0.1) is 24.0 Å². The van der Waals surface area contributed by atoms with Gasteiger partial charge in [-0.25, -0.2) is 0 Å². The minimum atomic E-state index is -0.879. The van der Waals surface area contributed by atoms with E-state index >= 15 is 0 Å². The van der Waals surface area contributed by atoms with Crippen LogP contribution in [0.3, 0.4) is 0 Å². The van der Waals surface area contributed by atoms with Crippen LogP contribution in [0.1, 0.15) is 51.6 Å². The highest BCUT2D eigenvalue weighted by Crippen LogP contribution is 2.14. The molecule has 0 amide bonds. The molecular weight excluding hydrogens is 461 g/mol. The van der Waals surface area contributed by atoms with Gasteiger partial charge >= 0.3 is 0 Å². The van der Waals surface area contributed by atoms with Crippen molar-refractivity contribution in [2.75, 3.05) is 18.8 Å². The number of nitrogens with zero attached hydrogens (tertiary/aromatic N) is 3. The van der Waals surface area contributed by atoms with Gasteiger partial charge < -0.3 is 10.6 Å². The highest BCUT2D eigenvalue weighted by Gasteiger charge is 2.19. The van der Waals surface area contributed by atoms with Crippen LogP contribution in [0.5, 0.6) is 0 Å². The van der Waals surface area contributed by atoms with Crippen LogP contribution in [0.15, 0.2) is 4.99 Å². The van der Waals surface area contributed by atoms with Crippen molar-refractivity contribution in [1.29, 1.82) is 0 Å². The van der Waals surface area contributed by atoms with Crippen LogP contribution in [0, 0.1) is 13.8 Å². The molecule has 2 atom stereocenters. The number of nitrogens with one attached hydrogen (secondary N) is 2. The van der Waals surface area contributed by atoms with Crippen molar-refractivity contribution >= 4 is 40.7 Å². The zero-order valence-corrected chi connectivity index (χ0v) is 20.6. The summed E-state index contributed by atoms with van der Waals surface area (Å²) in [4.78, 5) is 4.58. The summed E-state index contributed by atoms with van der Waals surface area (Å²) in [5.41, 5.74) is 3.57. The fourth-order valence-corrected chi connectivity index (χ4v) is 3.44. The molecule has 0 radical (unpaired) electrons. The number of aromatic nitrogens is 2. The summed E-state index contributed by atoms with van der Waals surface area (Å²) in [6.45, 7) is 15.7. The van der Waals surface area contributed by atoms with E-state index < -0.39 is 10.8 Å². The number of rotatable bonds is 7. The summed E-state index contributed by atoms with van der Waals surface area (Å²) in [5, 5.41) is 11.2. The highest BCUT2D eigenvalue weighted by atomic mass is 127. The van der Waals surface area contributed by atoms with Crippen LogP contribution in [-0.4, -0.2) is 49.6 Å². The van der Waals surface area contributed by atoms with Gasteiger partial charge in [-0.05, 0) is 60.5 Å². The molecule has 6 nitrogen and oxygen atoms in total. The molecule has 0 fully saturated rings. The maximum Gasteiger partial charge on any atom is 0.191 e. The van der Waals surface area contributed by atoms with Gasteiger partial charge in [-0.3, -0.25) is 13.9 Å². The molecule has 0 aliphatic heterocycles. The average molecular weight is 497 g/mol. The summed E-state index contributed by atoms with van der Waals surface area (Å²) >= 11 is 0. The van der Waals surface area contributed by atoms with Crippen LogP contribution in [0.25, 0.3) is 0 Å². The number of hydrogen-bond acceptors (Lipinski definition) is 3. The van der Waals surface area contributed by atoms with Crippen LogP contribution in [0.4, 0.5) is 0 Å². The smallest absolute Gasteiger partial charge is 0.191 e. The van der Waals surface area contributed by atoms with Crippen LogP contribution in [0.2, 0.25) is 0 Å². The molecule has 152 valence electrons. The van der Waals surface area contributed by atoms with Crippen LogP contribution in [-0.2, 0) is 24.3 Å². The lowest BCUT2D eigenvalue weighted by Gasteiger charge is -2.19. The van der Waals surface area contributed by atoms with E-state index in [1.54, 1.807) is 0 Å². The predicted molar refractivity (Wildman–Crippen MR) is 123 cm³/mol. The van der Waals surface area contributed by atoms with Crippen molar-refractivity contribution in [1.82, 2.24) is 20.4 Å². The van der Waals surface area contributed by atoms with Gasteiger partial charge in [0, 0.05) is 46.6 Å². The molecule has 2 N–H and O–H groups in total. The van der Waals surface area contributed by atoms with Gasteiger partial charge in [-0.1, -0.05) is 0 Å². The molecule has 0 saturated heterocycles. The Labute approximate surface area is 178 Å². The Morgan fingerprint density at radius 1 is 1.35 bits per heavy atom. The maximum absolute atomic E-state index is 12.1. The minimum Gasteiger partial charge on any atom is -0.357 e. The molecular formula is C18H36IN5OS. The Morgan fingerprint density at radius 2 is 1.96 bits per heavy atom. The van der Waals surface area contributed by atoms with Crippen LogP contribution >= 0.6 is 24.0 Å². The van der Waals surface area contributed by atoms with Gasteiger partial charge in [-0.2, -0.15) is 5.10 Å². The molecule has 0 bridgehead atoms. The van der Waals surface area contributed by atoms with Gasteiger partial charge in [0.05, 0.1) is 12.2 Å². The van der Waals surface area contributed by atoms with E-state index in [0.29, 0.717) is 12.3 Å². The Bertz CT molecular complexity index is 622. The first-order valence-electron chi connectivity index (χ1n) is 8.98. The van der Waals surface area contributed by atoms with Gasteiger partial charge in [0.25, 0.3) is 0 Å². The van der Waals surface area contributed by atoms with E-state index in [9.17, 15) is 4.21 Å². The van der Waals surface area contributed by atoms with Crippen molar-refractivity contribution in [3.05, 3.63) is 17.0 Å². The summed E-state index contributed by atoms with van der Waals surface area (Å²) in [5.74, 6) is 1.36. The molecule has 8 heteroatoms. The molecule has 0 saturated carbocycles. The number of aryl methyl sites for hydroxylation is 2. The monoisotopic (exact) mass is 497 g/mol. The Morgan fingerprint density at radius 3 is 2.42 bits per heavy atom. The van der Waals surface area contributed by atoms with E-state index in [2.05, 4.69) is 41.5 Å². The van der Waals surface area contributed by atoms with Crippen molar-refractivity contribution in [3.63, 3.8) is 0 Å². The number of halogens is 1. The second kappa shape index (κ2) is 11.3. The third-order valence-corrected chi connectivity index (χ3v) is 6.05. The summed E-state index contributed by atoms with van der Waals surface area (Å²) in [7, 11) is 1.10. The number of aliphatic imine (C=N–C) groups is 1. The first-order chi connectivity index (χ1) is 11.6. The van der Waals surface area contributed by atoms with E-state index in [1.165, 1.54) is 11.3 Å². The summed E-state index contributed by atoms with van der Waals surface area (Å²) < 4.78 is 13.9. The molecule has 1 heterocycles. The fourth-order valence-electron chi connectivity index (χ4n) is 2.57. The number of guanidine groups is 1. The zero-order chi connectivity index (χ0) is 19.2. The van der Waals surface area contributed by atoms with Gasteiger partial charge in [0.1, 0.15) is 0 Å². The van der Waals surface area contributed by atoms with Crippen molar-refractivity contribution in [2.45, 2.75) is 65.7 Å². The summed E-state index contributed by atoms with van der Waals surface area (Å²) in [6.07, 6.45) is 0.893. The predicted octanol–water partition coefficient (Wildman–Crippen LogP) is 2.69. The Kier molecular flexibility index (Phi) is 11.0. The van der Waals surface area contributed by atoms with Crippen LogP contribution < -0.4 is 10.6 Å². The van der Waals surface area contributed by atoms with Gasteiger partial charge in [0.2, 0.25) is 0 Å². The first kappa shape index (κ1) is 25.4. The third-order valence-electron chi connectivity index (χ3n) is 4.13. The molecule has 1 aromatic rings. The zero-order valence-electron chi connectivity index (χ0n) is 17.5. The van der Waals surface area contributed by atoms with E-state index in [0.717, 1.165) is 24.6 Å². The lowest BCUT2D eigenvalue weighted by Crippen LogP contribution is -2.43. The van der Waals surface area contributed by atoms with E-state index in [4.69, 9.17) is 0 Å². The molecule has 0 aliphatic rings. The largest absolute Gasteiger partial charge is 0.357 e. The second-order valence-corrected chi connectivity index (χ2v) is 9.77. The normalized spacial score (nSPS) is 14.5. The fraction of sp³-hybridized carbons (Fsp3) is 0.778. The number of hydrogen-bond donors (Lipinski definition) is 2. The van der Waals surface area contributed by atoms with Crippen molar-refractivity contribution in [2.24, 2.45) is 12.0 Å². The molecule has 0 aromatic carbocycles. The Balaban J connectivity index is 0.00000625. The molecule has 26 heavy (non-hydrogen) atoms. The lowest BCUT2D eigenvalue weighted by molar-refractivity contribution is 0.635. The summed E-state index contributed by atoms with van der Waals surface area (Å²) in [6, 6.07) is 0.229. The van der Waals surface area contributed by atoms with E-state index in [1.807, 2.05) is 39.4 Å². The van der Waals surface area contributed by atoms with E-state index in [-0.39, 0.29) is 34.8 Å². The molecule has 0 spiro atoms. The Hall–Kier alpha value is -0.640. The molecule has 2 unspecified atom stereocenters. The quantitative estimate of drug-likeness (QED) is 0.345. The molecule has 1 aromatic heterocycles. The SMILES string of the molecule is CCNC(=NCCS(=O)C(C)(C)C)NC(C)Cc1c(C)nn(C)c1C.I. The molecule has 0 aliphatic carbocycles. The average Bonchev–Trinajstić information content (AvgIpc) is 2.72. The third kappa shape index (κ3) is 7.94. The van der Waals surface area contributed by atoms with Gasteiger partial charge in [0.15, 0.2) is 5.96 Å². The minimum absolute atomic E-state index is 0. The topological polar surface area (TPSA) is 71.3 Å². The highest BCUT2D eigenvalue weighted by molar-refractivity contribution is 14.0. The molecule has 1 rings (SSSR count). The lowest BCUT2D eigenvalue weighted by atomic mass is 10.1. The van der Waals surface area contributed by atoms with Crippen molar-refractivity contribution in [3.8, 4) is 0 Å². The van der Waals surface area contributed by atoms with Crippen molar-refractivity contribution < 1.29 is 4.21 Å².